The number of carbonyl (C=O) groups is 2. The van der Waals surface area contributed by atoms with E-state index in [2.05, 4.69) is 5.32 Å². The van der Waals surface area contributed by atoms with E-state index >= 15 is 0 Å². The third-order valence-corrected chi connectivity index (χ3v) is 4.03. The number of hydrogen-bond acceptors (Lipinski definition) is 3. The zero-order valence-electron chi connectivity index (χ0n) is 12.3. The minimum absolute atomic E-state index is 0.0100. The van der Waals surface area contributed by atoms with E-state index in [0.29, 0.717) is 6.54 Å². The Hall–Kier alpha value is -2.04. The average molecular weight is 288 g/mol. The summed E-state index contributed by atoms with van der Waals surface area (Å²) in [7, 11) is 0. The van der Waals surface area contributed by atoms with Crippen LogP contribution in [-0.4, -0.2) is 41.9 Å². The molecule has 0 saturated carbocycles. The van der Waals surface area contributed by atoms with Crippen LogP contribution in [0.25, 0.3) is 0 Å². The van der Waals surface area contributed by atoms with E-state index in [9.17, 15) is 9.59 Å². The zero-order chi connectivity index (χ0) is 15.0. The van der Waals surface area contributed by atoms with Crippen LogP contribution in [0.3, 0.4) is 0 Å². The highest BCUT2D eigenvalue weighted by atomic mass is 16.5. The van der Waals surface area contributed by atoms with Crippen molar-refractivity contribution < 1.29 is 14.3 Å². The predicted octanol–water partition coefficient (Wildman–Crippen LogP) is 0.973. The highest BCUT2D eigenvalue weighted by Crippen LogP contribution is 2.28. The molecule has 1 aromatic rings. The van der Waals surface area contributed by atoms with E-state index < -0.39 is 6.04 Å². The minimum atomic E-state index is -0.421. The number of nitrogens with one attached hydrogen (secondary N) is 1. The van der Waals surface area contributed by atoms with Gasteiger partial charge in [-0.15, -0.1) is 0 Å². The van der Waals surface area contributed by atoms with Crippen LogP contribution in [0.1, 0.15) is 19.4 Å². The molecule has 2 amide bonds. The summed E-state index contributed by atoms with van der Waals surface area (Å²) >= 11 is 0. The zero-order valence-corrected chi connectivity index (χ0v) is 12.3. The maximum absolute atomic E-state index is 12.4. The quantitative estimate of drug-likeness (QED) is 0.902. The molecule has 1 aromatic carbocycles. The molecule has 0 bridgehead atoms. The Morgan fingerprint density at radius 2 is 2.10 bits per heavy atom. The van der Waals surface area contributed by atoms with Crippen molar-refractivity contribution in [1.82, 2.24) is 10.2 Å². The summed E-state index contributed by atoms with van der Waals surface area (Å²) in [5.41, 5.74) is 1.16. The molecule has 0 aromatic heterocycles. The van der Waals surface area contributed by atoms with Gasteiger partial charge in [-0.25, -0.2) is 0 Å². The van der Waals surface area contributed by atoms with Crippen molar-refractivity contribution in [2.24, 2.45) is 5.92 Å². The van der Waals surface area contributed by atoms with Crippen molar-refractivity contribution >= 4 is 11.8 Å². The van der Waals surface area contributed by atoms with Gasteiger partial charge in [0.05, 0.1) is 13.1 Å². The first-order valence-electron chi connectivity index (χ1n) is 7.37. The molecular formula is C16H20N2O3. The number of hydrogen-bond donors (Lipinski definition) is 1. The second kappa shape index (κ2) is 5.39. The fraction of sp³-hybridized carbons (Fsp3) is 0.500. The summed E-state index contributed by atoms with van der Waals surface area (Å²) in [6.07, 6.45) is 0.721. The third kappa shape index (κ3) is 2.73. The molecule has 2 aliphatic rings. The Morgan fingerprint density at radius 3 is 2.81 bits per heavy atom. The molecule has 112 valence electrons. The molecule has 1 fully saturated rings. The second-order valence-electron chi connectivity index (χ2n) is 6.06. The number of ether oxygens (including phenoxy) is 1. The highest BCUT2D eigenvalue weighted by Gasteiger charge is 2.36. The first-order chi connectivity index (χ1) is 10.0. The lowest BCUT2D eigenvalue weighted by atomic mass is 10.00. The summed E-state index contributed by atoms with van der Waals surface area (Å²) in [4.78, 5) is 25.8. The van der Waals surface area contributed by atoms with Crippen LogP contribution < -0.4 is 10.1 Å². The number of fused-ring (bicyclic) bond motifs is 1. The van der Waals surface area contributed by atoms with Gasteiger partial charge in [0.25, 0.3) is 0 Å². The second-order valence-corrected chi connectivity index (χ2v) is 6.06. The summed E-state index contributed by atoms with van der Waals surface area (Å²) in [5.74, 6) is 0.871. The normalized spacial score (nSPS) is 24.8. The summed E-state index contributed by atoms with van der Waals surface area (Å²) < 4.78 is 5.86. The molecule has 21 heavy (non-hydrogen) atoms. The SMILES string of the molecule is CC(C)C1NC(=O)CN(CC2Cc3ccccc3O2)C1=O. The molecule has 0 radical (unpaired) electrons. The summed E-state index contributed by atoms with van der Waals surface area (Å²) in [5, 5.41) is 2.77. The first-order valence-corrected chi connectivity index (χ1v) is 7.37. The van der Waals surface area contributed by atoms with Crippen LogP contribution in [0.15, 0.2) is 24.3 Å². The lowest BCUT2D eigenvalue weighted by Crippen LogP contribution is -2.61. The lowest BCUT2D eigenvalue weighted by molar-refractivity contribution is -0.146. The van der Waals surface area contributed by atoms with E-state index in [0.717, 1.165) is 17.7 Å². The lowest BCUT2D eigenvalue weighted by Gasteiger charge is -2.35. The van der Waals surface area contributed by atoms with Crippen molar-refractivity contribution in [3.8, 4) is 5.75 Å². The van der Waals surface area contributed by atoms with Crippen molar-refractivity contribution in [1.29, 1.82) is 0 Å². The van der Waals surface area contributed by atoms with E-state index in [1.54, 1.807) is 4.90 Å². The molecule has 1 saturated heterocycles. The van der Waals surface area contributed by atoms with Gasteiger partial charge in [-0.05, 0) is 17.5 Å². The number of benzene rings is 1. The van der Waals surface area contributed by atoms with Crippen molar-refractivity contribution in [3.63, 3.8) is 0 Å². The molecule has 3 rings (SSSR count). The highest BCUT2D eigenvalue weighted by molar-refractivity contribution is 5.95. The Morgan fingerprint density at radius 1 is 1.33 bits per heavy atom. The molecule has 1 N–H and O–H groups in total. The number of para-hydroxylation sites is 1. The Labute approximate surface area is 124 Å². The van der Waals surface area contributed by atoms with Crippen molar-refractivity contribution in [2.75, 3.05) is 13.1 Å². The van der Waals surface area contributed by atoms with Crippen LogP contribution in [0.4, 0.5) is 0 Å². The first kappa shape index (κ1) is 13.9. The van der Waals surface area contributed by atoms with Crippen LogP contribution in [0, 0.1) is 5.92 Å². The van der Waals surface area contributed by atoms with Crippen LogP contribution in [-0.2, 0) is 16.0 Å². The molecule has 5 heteroatoms. The standard InChI is InChI=1S/C16H20N2O3/c1-10(2)15-16(20)18(9-14(19)17-15)8-12-7-11-5-3-4-6-13(11)21-12/h3-6,10,12,15H,7-9H2,1-2H3,(H,17,19). The van der Waals surface area contributed by atoms with E-state index in [1.807, 2.05) is 38.1 Å². The van der Waals surface area contributed by atoms with Gasteiger partial charge in [0.15, 0.2) is 0 Å². The Balaban J connectivity index is 1.68. The van der Waals surface area contributed by atoms with Gasteiger partial charge in [0, 0.05) is 6.42 Å². The van der Waals surface area contributed by atoms with Gasteiger partial charge >= 0.3 is 0 Å². The Bertz CT molecular complexity index is 545. The molecule has 0 aliphatic carbocycles. The van der Waals surface area contributed by atoms with Gasteiger partial charge in [0.2, 0.25) is 11.8 Å². The van der Waals surface area contributed by atoms with Gasteiger partial charge in [-0.3, -0.25) is 9.59 Å². The van der Waals surface area contributed by atoms with Crippen molar-refractivity contribution in [3.05, 3.63) is 29.8 Å². The van der Waals surface area contributed by atoms with E-state index in [4.69, 9.17) is 4.74 Å². The molecular weight excluding hydrogens is 268 g/mol. The molecule has 2 atom stereocenters. The number of piperazine rings is 1. The number of rotatable bonds is 3. The van der Waals surface area contributed by atoms with Crippen LogP contribution in [0.5, 0.6) is 5.75 Å². The topological polar surface area (TPSA) is 58.6 Å². The van der Waals surface area contributed by atoms with E-state index in [1.165, 1.54) is 0 Å². The third-order valence-electron chi connectivity index (χ3n) is 4.03. The van der Waals surface area contributed by atoms with Crippen LogP contribution >= 0.6 is 0 Å². The van der Waals surface area contributed by atoms with Gasteiger partial charge in [0.1, 0.15) is 17.9 Å². The molecule has 2 heterocycles. The maximum atomic E-state index is 12.4. The van der Waals surface area contributed by atoms with Crippen LogP contribution in [0.2, 0.25) is 0 Å². The molecule has 0 spiro atoms. The van der Waals surface area contributed by atoms with Gasteiger partial charge in [-0.1, -0.05) is 32.0 Å². The predicted molar refractivity (Wildman–Crippen MR) is 77.9 cm³/mol. The molecule has 5 nitrogen and oxygen atoms in total. The number of nitrogens with zero attached hydrogens (tertiary/aromatic N) is 1. The fourth-order valence-corrected chi connectivity index (χ4v) is 2.94. The maximum Gasteiger partial charge on any atom is 0.246 e. The Kier molecular flexibility index (Phi) is 3.57. The molecule has 2 aliphatic heterocycles. The van der Waals surface area contributed by atoms with E-state index in [-0.39, 0.29) is 30.4 Å². The summed E-state index contributed by atoms with van der Waals surface area (Å²) in [6.45, 7) is 4.46. The van der Waals surface area contributed by atoms with Gasteiger partial charge < -0.3 is 15.0 Å². The van der Waals surface area contributed by atoms with Gasteiger partial charge in [-0.2, -0.15) is 0 Å². The van der Waals surface area contributed by atoms with Crippen molar-refractivity contribution in [2.45, 2.75) is 32.4 Å². The fourth-order valence-electron chi connectivity index (χ4n) is 2.94. The average Bonchev–Trinajstić information content (AvgIpc) is 2.84. The smallest absolute Gasteiger partial charge is 0.246 e. The summed E-state index contributed by atoms with van der Waals surface area (Å²) in [6, 6.07) is 7.48. The number of carbonyl (C=O) groups excluding carboxylic acids is 2. The minimum Gasteiger partial charge on any atom is -0.488 e. The molecule has 2 unspecified atom stereocenters. The largest absolute Gasteiger partial charge is 0.488 e. The monoisotopic (exact) mass is 288 g/mol. The number of amides is 2.